The second-order valence-corrected chi connectivity index (χ2v) is 11.2. The van der Waals surface area contributed by atoms with Gasteiger partial charge in [0.1, 0.15) is 7.51 Å². The number of carboxylic acid groups (broad SMARTS) is 1. The smallest absolute Gasteiger partial charge is 0.354 e. The van der Waals surface area contributed by atoms with Gasteiger partial charge in [-0.05, 0) is 36.9 Å². The minimum Gasteiger partial charge on any atom is -0.477 e. The lowest BCUT2D eigenvalue weighted by atomic mass is 10.2. The molecule has 0 aliphatic heterocycles. The molecule has 0 fully saturated rings. The van der Waals surface area contributed by atoms with Gasteiger partial charge < -0.3 is 9.53 Å². The van der Waals surface area contributed by atoms with Crippen LogP contribution in [0.25, 0.3) is 0 Å². The summed E-state index contributed by atoms with van der Waals surface area (Å²) < 4.78 is 5.97. The highest BCUT2D eigenvalue weighted by Gasteiger charge is 2.40. The third-order valence-corrected chi connectivity index (χ3v) is 8.07. The molecule has 0 rings (SSSR count). The second-order valence-electron chi connectivity index (χ2n) is 5.51. The molecule has 2 N–H and O–H groups in total. The third-order valence-electron chi connectivity index (χ3n) is 3.09. The van der Waals surface area contributed by atoms with Gasteiger partial charge in [-0.1, -0.05) is 20.8 Å². The van der Waals surface area contributed by atoms with Gasteiger partial charge in [0, 0.05) is 0 Å². The molecule has 0 bridgehead atoms. The Balaban J connectivity index is 4.98. The summed E-state index contributed by atoms with van der Waals surface area (Å²) in [4.78, 5) is 11.1. The summed E-state index contributed by atoms with van der Waals surface area (Å²) in [5.74, 6) is -1.09. The monoisotopic (exact) mass is 308 g/mol. The van der Waals surface area contributed by atoms with Gasteiger partial charge in [0.15, 0.2) is 14.0 Å². The molecular formula is C10H21N2O3PSSi. The summed E-state index contributed by atoms with van der Waals surface area (Å²) in [7, 11) is -1.63. The molecule has 0 spiro atoms. The molecule has 0 saturated heterocycles. The predicted molar refractivity (Wildman–Crippen MR) is 80.2 cm³/mol. The number of hydrazone groups is 1. The van der Waals surface area contributed by atoms with Crippen molar-refractivity contribution in [2.45, 2.75) is 51.9 Å². The fourth-order valence-corrected chi connectivity index (χ4v) is 2.68. The third kappa shape index (κ3) is 5.10. The van der Waals surface area contributed by atoms with E-state index < -0.39 is 20.4 Å². The molecule has 0 amide bonds. The van der Waals surface area contributed by atoms with E-state index in [1.54, 1.807) is 6.92 Å². The standard InChI is InChI=1S/C10H21N2O3PSSi/c1-7(8(9(13)14)11-12-16-17)15-18(5,6)10(2,3)4/h7H,1-6H3,(H,12,17)(H,13,14). The van der Waals surface area contributed by atoms with E-state index in [9.17, 15) is 4.79 Å². The normalized spacial score (nSPS) is 15.6. The number of rotatable bonds is 6. The topological polar surface area (TPSA) is 70.9 Å². The largest absolute Gasteiger partial charge is 0.477 e. The lowest BCUT2D eigenvalue weighted by molar-refractivity contribution is -0.129. The minimum absolute atomic E-state index is 0.0224. The van der Waals surface area contributed by atoms with E-state index in [4.69, 9.17) is 9.53 Å². The van der Waals surface area contributed by atoms with Crippen molar-refractivity contribution in [3.63, 3.8) is 0 Å². The highest BCUT2D eigenvalue weighted by atomic mass is 32.4. The SMILES string of the molecule is CC(O[Si](C)(C)C(C)(C)C)C(=NNP=S)C(=O)O. The molecule has 0 saturated carbocycles. The van der Waals surface area contributed by atoms with E-state index in [2.05, 4.69) is 56.0 Å². The second kappa shape index (κ2) is 6.70. The first kappa shape index (κ1) is 17.6. The van der Waals surface area contributed by atoms with E-state index in [0.717, 1.165) is 0 Å². The molecule has 0 aliphatic carbocycles. The van der Waals surface area contributed by atoms with Gasteiger partial charge in [-0.25, -0.2) is 9.99 Å². The van der Waals surface area contributed by atoms with Gasteiger partial charge in [0.05, 0.1) is 6.10 Å². The van der Waals surface area contributed by atoms with Crippen molar-refractivity contribution in [2.24, 2.45) is 5.10 Å². The maximum absolute atomic E-state index is 11.1. The summed E-state index contributed by atoms with van der Waals surface area (Å²) in [6, 6.07) is 0. The summed E-state index contributed by atoms with van der Waals surface area (Å²) in [5, 5.41) is 15.3. The van der Waals surface area contributed by atoms with Gasteiger partial charge in [-0.15, -0.1) is 0 Å². The number of carboxylic acids is 1. The van der Waals surface area contributed by atoms with Crippen LogP contribution in [0.1, 0.15) is 27.7 Å². The number of hydrogen-bond acceptors (Lipinski definition) is 4. The van der Waals surface area contributed by atoms with Crippen molar-refractivity contribution in [2.75, 3.05) is 0 Å². The Kier molecular flexibility index (Phi) is 6.57. The molecule has 1 unspecified atom stereocenters. The van der Waals surface area contributed by atoms with Crippen LogP contribution in [0.15, 0.2) is 5.10 Å². The molecule has 18 heavy (non-hydrogen) atoms. The Morgan fingerprint density at radius 3 is 2.33 bits per heavy atom. The Morgan fingerprint density at radius 2 is 2.00 bits per heavy atom. The van der Waals surface area contributed by atoms with Crippen LogP contribution >= 0.6 is 7.51 Å². The van der Waals surface area contributed by atoms with Gasteiger partial charge in [0.2, 0.25) is 0 Å². The lowest BCUT2D eigenvalue weighted by Crippen LogP contribution is -2.46. The average Bonchev–Trinajstić information content (AvgIpc) is 2.14. The summed E-state index contributed by atoms with van der Waals surface area (Å²) in [5.41, 5.74) is -0.0443. The first-order valence-electron chi connectivity index (χ1n) is 5.59. The van der Waals surface area contributed by atoms with Crippen molar-refractivity contribution in [1.82, 2.24) is 5.20 Å². The molecule has 104 valence electrons. The lowest BCUT2D eigenvalue weighted by Gasteiger charge is -2.38. The van der Waals surface area contributed by atoms with E-state index >= 15 is 0 Å². The maximum atomic E-state index is 11.1. The molecule has 1 atom stereocenters. The zero-order valence-electron chi connectivity index (χ0n) is 11.6. The van der Waals surface area contributed by atoms with Gasteiger partial charge in [-0.3, -0.25) is 0 Å². The Labute approximate surface area is 116 Å². The molecule has 0 aromatic carbocycles. The van der Waals surface area contributed by atoms with E-state index in [1.165, 1.54) is 0 Å². The minimum atomic E-state index is -2.02. The van der Waals surface area contributed by atoms with Crippen LogP contribution in [0, 0.1) is 0 Å². The average molecular weight is 308 g/mol. The number of hydrogen-bond donors (Lipinski definition) is 2. The van der Waals surface area contributed by atoms with Crippen molar-refractivity contribution >= 4 is 39.3 Å². The molecule has 0 aromatic heterocycles. The van der Waals surface area contributed by atoms with E-state index in [-0.39, 0.29) is 10.7 Å². The fourth-order valence-electron chi connectivity index (χ4n) is 1.06. The van der Waals surface area contributed by atoms with Crippen LogP contribution in [0.2, 0.25) is 18.1 Å². The van der Waals surface area contributed by atoms with Crippen LogP contribution < -0.4 is 5.20 Å². The summed E-state index contributed by atoms with van der Waals surface area (Å²) >= 11 is 4.64. The van der Waals surface area contributed by atoms with Crippen molar-refractivity contribution < 1.29 is 14.3 Å². The van der Waals surface area contributed by atoms with Crippen LogP contribution in [-0.2, 0) is 21.0 Å². The van der Waals surface area contributed by atoms with Crippen LogP contribution in [-0.4, -0.2) is 31.2 Å². The van der Waals surface area contributed by atoms with Gasteiger partial charge in [0.25, 0.3) is 0 Å². The van der Waals surface area contributed by atoms with Crippen LogP contribution in [0.3, 0.4) is 0 Å². The number of carbonyl (C=O) groups is 1. The molecule has 0 heterocycles. The van der Waals surface area contributed by atoms with Crippen molar-refractivity contribution in [1.29, 1.82) is 0 Å². The van der Waals surface area contributed by atoms with E-state index in [0.29, 0.717) is 7.51 Å². The quantitative estimate of drug-likeness (QED) is 0.342. The molecule has 0 aliphatic rings. The van der Waals surface area contributed by atoms with E-state index in [1.807, 2.05) is 0 Å². The van der Waals surface area contributed by atoms with Crippen molar-refractivity contribution in [3.05, 3.63) is 0 Å². The highest BCUT2D eigenvalue weighted by Crippen LogP contribution is 2.37. The van der Waals surface area contributed by atoms with Gasteiger partial charge >= 0.3 is 5.97 Å². The Bertz CT molecular complexity index is 356. The Morgan fingerprint density at radius 1 is 1.50 bits per heavy atom. The first-order chi connectivity index (χ1) is 8.03. The zero-order chi connectivity index (χ0) is 14.6. The molecule has 0 radical (unpaired) electrons. The maximum Gasteiger partial charge on any atom is 0.354 e. The zero-order valence-corrected chi connectivity index (χ0v) is 14.4. The van der Waals surface area contributed by atoms with Crippen LogP contribution in [0.4, 0.5) is 0 Å². The number of nitrogens with one attached hydrogen (secondary N) is 1. The number of nitrogens with zero attached hydrogens (tertiary/aromatic N) is 1. The molecule has 0 aromatic rings. The predicted octanol–water partition coefficient (Wildman–Crippen LogP) is 2.75. The molecule has 8 heteroatoms. The van der Waals surface area contributed by atoms with Crippen LogP contribution in [0.5, 0.6) is 0 Å². The summed E-state index contributed by atoms with van der Waals surface area (Å²) in [6.07, 6.45) is -0.562. The first-order valence-corrected chi connectivity index (χ1v) is 10.4. The fraction of sp³-hybridized carbons (Fsp3) is 0.800. The molecular weight excluding hydrogens is 287 g/mol. The molecule has 5 nitrogen and oxygen atoms in total. The Hall–Kier alpha value is -0.363. The highest BCUT2D eigenvalue weighted by molar-refractivity contribution is 7.95. The van der Waals surface area contributed by atoms with Crippen molar-refractivity contribution in [3.8, 4) is 0 Å². The van der Waals surface area contributed by atoms with Gasteiger partial charge in [-0.2, -0.15) is 5.10 Å². The summed E-state index contributed by atoms with van der Waals surface area (Å²) in [6.45, 7) is 12.1. The number of aliphatic carboxylic acids is 1.